The highest BCUT2D eigenvalue weighted by atomic mass is 16.5. The van der Waals surface area contributed by atoms with Crippen LogP contribution in [0.1, 0.15) is 59.1 Å². The quantitative estimate of drug-likeness (QED) is 0.475. The van der Waals surface area contributed by atoms with Crippen LogP contribution in [-0.4, -0.2) is 23.7 Å². The fourth-order valence-electron chi connectivity index (χ4n) is 4.30. The lowest BCUT2D eigenvalue weighted by molar-refractivity contribution is -0.172. The predicted molar refractivity (Wildman–Crippen MR) is 128 cm³/mol. The zero-order chi connectivity index (χ0) is 24.0. The molecule has 1 N–H and O–H groups in total. The Labute approximate surface area is 193 Å². The number of hydrogen-bond acceptors (Lipinski definition) is 3. The second-order valence-electron chi connectivity index (χ2n) is 11.3. The monoisotopic (exact) mass is 438 g/mol. The number of carbonyl (C=O) groups is 2. The van der Waals surface area contributed by atoms with E-state index >= 15 is 0 Å². The third kappa shape index (κ3) is 7.51. The van der Waals surface area contributed by atoms with Crippen molar-refractivity contribution in [1.82, 2.24) is 0 Å². The molecule has 0 aliphatic heterocycles. The number of carbonyl (C=O) groups excluding carboxylic acids is 1. The van der Waals surface area contributed by atoms with Crippen molar-refractivity contribution < 1.29 is 19.4 Å². The fourth-order valence-corrected chi connectivity index (χ4v) is 4.30. The molecule has 0 fully saturated rings. The van der Waals surface area contributed by atoms with E-state index in [1.807, 2.05) is 102 Å². The lowest BCUT2D eigenvalue weighted by atomic mass is 9.62. The number of aliphatic carboxylic acids is 1. The van der Waals surface area contributed by atoms with Crippen molar-refractivity contribution >= 4 is 11.9 Å². The third-order valence-electron chi connectivity index (χ3n) is 5.50. The zero-order valence-corrected chi connectivity index (χ0v) is 20.4. The minimum atomic E-state index is -1.20. The second kappa shape index (κ2) is 10.3. The first-order valence-electron chi connectivity index (χ1n) is 11.3. The van der Waals surface area contributed by atoms with Crippen LogP contribution in [0.5, 0.6) is 0 Å². The largest absolute Gasteiger partial charge is 0.481 e. The number of carboxylic acids is 1. The first-order chi connectivity index (χ1) is 14.8. The van der Waals surface area contributed by atoms with Crippen molar-refractivity contribution in [3.05, 3.63) is 71.8 Å². The second-order valence-corrected chi connectivity index (χ2v) is 11.3. The lowest BCUT2D eigenvalue weighted by Crippen LogP contribution is -2.49. The lowest BCUT2D eigenvalue weighted by Gasteiger charge is -2.41. The minimum Gasteiger partial charge on any atom is -0.481 e. The maximum atomic E-state index is 13.8. The molecule has 174 valence electrons. The smallest absolute Gasteiger partial charge is 0.313 e. The number of carboxylic acid groups (broad SMARTS) is 1. The van der Waals surface area contributed by atoms with Gasteiger partial charge in [-0.3, -0.25) is 9.59 Å². The summed E-state index contributed by atoms with van der Waals surface area (Å²) in [6, 6.07) is 19.2. The first kappa shape index (κ1) is 25.6. The van der Waals surface area contributed by atoms with Crippen LogP contribution in [0.25, 0.3) is 0 Å². The van der Waals surface area contributed by atoms with Gasteiger partial charge in [-0.05, 0) is 41.2 Å². The molecule has 0 aromatic heterocycles. The summed E-state index contributed by atoms with van der Waals surface area (Å²) in [6.45, 7) is 12.4. The van der Waals surface area contributed by atoms with Gasteiger partial charge in [0.2, 0.25) is 0 Å². The van der Waals surface area contributed by atoms with Gasteiger partial charge < -0.3 is 9.84 Å². The average Bonchev–Trinajstić information content (AvgIpc) is 2.69. The highest BCUT2D eigenvalue weighted by molar-refractivity contribution is 5.85. The number of rotatable bonds is 9. The summed E-state index contributed by atoms with van der Waals surface area (Å²) in [5.41, 5.74) is 0.138. The normalized spacial score (nSPS) is 14.9. The molecule has 2 atom stereocenters. The Morgan fingerprint density at radius 3 is 1.75 bits per heavy atom. The summed E-state index contributed by atoms with van der Waals surface area (Å²) in [7, 11) is 0. The van der Waals surface area contributed by atoms with E-state index in [0.717, 1.165) is 11.1 Å². The van der Waals surface area contributed by atoms with Crippen LogP contribution in [0.15, 0.2) is 60.7 Å². The number of benzene rings is 2. The molecule has 0 saturated carbocycles. The molecule has 2 aromatic rings. The van der Waals surface area contributed by atoms with E-state index in [-0.39, 0.29) is 23.9 Å². The Hall–Kier alpha value is -2.62. The molecule has 32 heavy (non-hydrogen) atoms. The highest BCUT2D eigenvalue weighted by Gasteiger charge is 2.52. The Bertz CT molecular complexity index is 875. The predicted octanol–water partition coefficient (Wildman–Crippen LogP) is 6.18. The van der Waals surface area contributed by atoms with Crippen LogP contribution in [0.4, 0.5) is 0 Å². The summed E-state index contributed by atoms with van der Waals surface area (Å²) in [6.07, 6.45) is 0.989. The van der Waals surface area contributed by atoms with E-state index in [2.05, 4.69) is 0 Å². The number of hydrogen-bond donors (Lipinski definition) is 1. The summed E-state index contributed by atoms with van der Waals surface area (Å²) < 4.78 is 5.86. The minimum absolute atomic E-state index is 0.214. The van der Waals surface area contributed by atoms with E-state index in [4.69, 9.17) is 4.74 Å². The van der Waals surface area contributed by atoms with Crippen LogP contribution in [-0.2, 0) is 27.2 Å². The molecule has 4 nitrogen and oxygen atoms in total. The molecule has 2 rings (SSSR count). The van der Waals surface area contributed by atoms with Gasteiger partial charge >= 0.3 is 11.9 Å². The van der Waals surface area contributed by atoms with Gasteiger partial charge in [0, 0.05) is 0 Å². The van der Waals surface area contributed by atoms with Crippen molar-refractivity contribution in [1.29, 1.82) is 0 Å². The van der Waals surface area contributed by atoms with Crippen LogP contribution in [0.2, 0.25) is 0 Å². The maximum absolute atomic E-state index is 13.8. The number of ether oxygens (including phenoxy) is 1. The van der Waals surface area contributed by atoms with E-state index in [9.17, 15) is 14.7 Å². The maximum Gasteiger partial charge on any atom is 0.313 e. The zero-order valence-electron chi connectivity index (χ0n) is 20.4. The van der Waals surface area contributed by atoms with Crippen molar-refractivity contribution in [2.45, 2.75) is 60.8 Å². The van der Waals surface area contributed by atoms with Crippen molar-refractivity contribution in [3.8, 4) is 0 Å². The molecular weight excluding hydrogens is 400 g/mol. The van der Waals surface area contributed by atoms with E-state index < -0.39 is 23.3 Å². The van der Waals surface area contributed by atoms with E-state index in [1.54, 1.807) is 0 Å². The van der Waals surface area contributed by atoms with Crippen molar-refractivity contribution in [3.63, 3.8) is 0 Å². The molecule has 4 heteroatoms. The van der Waals surface area contributed by atoms with Gasteiger partial charge in [-0.15, -0.1) is 0 Å². The molecule has 0 aliphatic carbocycles. The van der Waals surface area contributed by atoms with Gasteiger partial charge in [-0.2, -0.15) is 0 Å². The highest BCUT2D eigenvalue weighted by Crippen LogP contribution is 2.45. The fraction of sp³-hybridized carbons (Fsp3) is 0.500. The Morgan fingerprint density at radius 1 is 0.812 bits per heavy atom. The molecule has 2 aromatic carbocycles. The third-order valence-corrected chi connectivity index (χ3v) is 5.50. The number of esters is 1. The summed E-state index contributed by atoms with van der Waals surface area (Å²) in [5, 5.41) is 10.4. The van der Waals surface area contributed by atoms with Gasteiger partial charge in [0.25, 0.3) is 0 Å². The molecule has 0 radical (unpaired) electrons. The average molecular weight is 439 g/mol. The molecule has 0 bridgehead atoms. The topological polar surface area (TPSA) is 63.6 Å². The SMILES string of the molecule is CC(C)(C)COC(=O)C(Cc1ccccc1)(CC(C)(C)C)C(Cc1ccccc1)C(=O)O. The summed E-state index contributed by atoms with van der Waals surface area (Å²) in [5.74, 6) is -2.31. The molecule has 0 aliphatic rings. The van der Waals surface area contributed by atoms with E-state index in [0.29, 0.717) is 12.8 Å². The Balaban J connectivity index is 2.62. The molecular formula is C28H38O4. The summed E-state index contributed by atoms with van der Waals surface area (Å²) >= 11 is 0. The van der Waals surface area contributed by atoms with Crippen LogP contribution < -0.4 is 0 Å². The standard InChI is InChI=1S/C28H38O4/c1-26(2,3)19-28(18-22-15-11-8-12-16-22,25(31)32-20-27(4,5)6)23(24(29)30)17-21-13-9-7-10-14-21/h7-16,23H,17-20H2,1-6H3,(H,29,30). The van der Waals surface area contributed by atoms with Gasteiger partial charge in [0.05, 0.1) is 17.9 Å². The van der Waals surface area contributed by atoms with Gasteiger partial charge in [-0.25, -0.2) is 0 Å². The molecule has 0 saturated heterocycles. The van der Waals surface area contributed by atoms with Crippen LogP contribution in [0.3, 0.4) is 0 Å². The van der Waals surface area contributed by atoms with Crippen molar-refractivity contribution in [2.24, 2.45) is 22.2 Å². The van der Waals surface area contributed by atoms with Gasteiger partial charge in [0.15, 0.2) is 0 Å². The Kier molecular flexibility index (Phi) is 8.28. The van der Waals surface area contributed by atoms with Crippen LogP contribution >= 0.6 is 0 Å². The van der Waals surface area contributed by atoms with E-state index in [1.165, 1.54) is 0 Å². The van der Waals surface area contributed by atoms with Gasteiger partial charge in [-0.1, -0.05) is 102 Å². The molecule has 0 heterocycles. The first-order valence-corrected chi connectivity index (χ1v) is 11.3. The molecule has 2 unspecified atom stereocenters. The van der Waals surface area contributed by atoms with Crippen LogP contribution in [0, 0.1) is 22.2 Å². The van der Waals surface area contributed by atoms with Gasteiger partial charge in [0.1, 0.15) is 0 Å². The van der Waals surface area contributed by atoms with Crippen molar-refractivity contribution in [2.75, 3.05) is 6.61 Å². The summed E-state index contributed by atoms with van der Waals surface area (Å²) in [4.78, 5) is 26.6. The Morgan fingerprint density at radius 2 is 1.31 bits per heavy atom. The molecule has 0 amide bonds. The molecule has 0 spiro atoms.